The first-order chi connectivity index (χ1) is 13.2. The molecular formula is C21H21F2NO4. The van der Waals surface area contributed by atoms with Crippen molar-refractivity contribution in [3.8, 4) is 5.75 Å². The van der Waals surface area contributed by atoms with Crippen LogP contribution in [0.4, 0.5) is 8.78 Å². The van der Waals surface area contributed by atoms with Crippen LogP contribution in [0.15, 0.2) is 42.5 Å². The van der Waals surface area contributed by atoms with Crippen LogP contribution in [0.2, 0.25) is 0 Å². The summed E-state index contributed by atoms with van der Waals surface area (Å²) in [6.45, 7) is 1.62. The first-order valence-corrected chi connectivity index (χ1v) is 8.87. The number of nitrogens with one attached hydrogen (secondary N) is 1. The molecule has 0 spiro atoms. The highest BCUT2D eigenvalue weighted by atomic mass is 19.2. The van der Waals surface area contributed by atoms with E-state index in [1.165, 1.54) is 19.2 Å². The second kappa shape index (κ2) is 7.58. The molecule has 7 heteroatoms. The number of benzene rings is 2. The number of amides is 1. The smallest absolute Gasteiger partial charge is 0.306 e. The largest absolute Gasteiger partial charge is 0.497 e. The van der Waals surface area contributed by atoms with Gasteiger partial charge in [-0.05, 0) is 48.6 Å². The quantitative estimate of drug-likeness (QED) is 0.759. The molecule has 0 saturated heterocycles. The van der Waals surface area contributed by atoms with Crippen LogP contribution in [0.1, 0.15) is 36.8 Å². The Bertz CT molecular complexity index is 917. The molecule has 0 heterocycles. The molecule has 0 bridgehead atoms. The highest BCUT2D eigenvalue weighted by Gasteiger charge is 2.47. The van der Waals surface area contributed by atoms with Crippen molar-refractivity contribution < 1.29 is 28.2 Å². The minimum absolute atomic E-state index is 0.168. The molecule has 28 heavy (non-hydrogen) atoms. The van der Waals surface area contributed by atoms with Gasteiger partial charge in [-0.1, -0.05) is 24.3 Å². The molecule has 0 aromatic heterocycles. The summed E-state index contributed by atoms with van der Waals surface area (Å²) in [5.41, 5.74) is -0.427. The molecule has 0 radical (unpaired) electrons. The zero-order valence-electron chi connectivity index (χ0n) is 15.5. The number of hydrogen-bond acceptors (Lipinski definition) is 3. The van der Waals surface area contributed by atoms with Gasteiger partial charge in [0, 0.05) is 5.92 Å². The second-order valence-corrected chi connectivity index (χ2v) is 7.22. The number of carboxylic acids is 1. The van der Waals surface area contributed by atoms with Gasteiger partial charge in [0.15, 0.2) is 11.6 Å². The lowest BCUT2D eigenvalue weighted by Gasteiger charge is -2.30. The number of carbonyl (C=O) groups is 2. The van der Waals surface area contributed by atoms with Gasteiger partial charge in [0.25, 0.3) is 0 Å². The van der Waals surface area contributed by atoms with Crippen LogP contribution >= 0.6 is 0 Å². The van der Waals surface area contributed by atoms with Gasteiger partial charge in [-0.25, -0.2) is 8.78 Å². The van der Waals surface area contributed by atoms with E-state index in [9.17, 15) is 23.5 Å². The number of rotatable bonds is 7. The van der Waals surface area contributed by atoms with Crippen molar-refractivity contribution in [3.05, 3.63) is 65.2 Å². The first kappa shape index (κ1) is 19.8. The van der Waals surface area contributed by atoms with E-state index in [0.29, 0.717) is 17.7 Å². The third kappa shape index (κ3) is 3.98. The van der Waals surface area contributed by atoms with Crippen molar-refractivity contribution in [2.24, 2.45) is 5.92 Å². The Balaban J connectivity index is 1.81. The third-order valence-corrected chi connectivity index (χ3v) is 5.12. The summed E-state index contributed by atoms with van der Waals surface area (Å²) in [4.78, 5) is 24.2. The van der Waals surface area contributed by atoms with E-state index < -0.39 is 35.0 Å². The van der Waals surface area contributed by atoms with Crippen LogP contribution in [0, 0.1) is 17.6 Å². The SMILES string of the molecule is COc1cccc(C(C)(CC(=O)O)NC(=O)C2CC2c2cccc(F)c2F)c1. The fourth-order valence-electron chi connectivity index (χ4n) is 3.49. The molecule has 3 rings (SSSR count). The van der Waals surface area contributed by atoms with Crippen molar-refractivity contribution in [1.29, 1.82) is 0 Å². The number of carbonyl (C=O) groups excluding carboxylic acids is 1. The molecule has 1 aliphatic carbocycles. The predicted molar refractivity (Wildman–Crippen MR) is 97.9 cm³/mol. The Hall–Kier alpha value is -2.96. The Labute approximate surface area is 161 Å². The number of aliphatic carboxylic acids is 1. The molecule has 148 valence electrons. The van der Waals surface area contributed by atoms with Crippen LogP contribution in [0.5, 0.6) is 5.75 Å². The van der Waals surface area contributed by atoms with Crippen molar-refractivity contribution >= 4 is 11.9 Å². The number of methoxy groups -OCH3 is 1. The molecule has 1 fully saturated rings. The van der Waals surface area contributed by atoms with E-state index in [4.69, 9.17) is 4.74 Å². The zero-order valence-corrected chi connectivity index (χ0v) is 15.5. The van der Waals surface area contributed by atoms with Crippen molar-refractivity contribution in [3.63, 3.8) is 0 Å². The van der Waals surface area contributed by atoms with Crippen LogP contribution in [0.25, 0.3) is 0 Å². The summed E-state index contributed by atoms with van der Waals surface area (Å²) in [6, 6.07) is 10.7. The number of hydrogen-bond donors (Lipinski definition) is 2. The molecule has 3 atom stereocenters. The topological polar surface area (TPSA) is 75.6 Å². The molecule has 2 N–H and O–H groups in total. The van der Waals surface area contributed by atoms with Gasteiger partial charge in [-0.15, -0.1) is 0 Å². The van der Waals surface area contributed by atoms with Gasteiger partial charge < -0.3 is 15.2 Å². The normalized spacial score (nSPS) is 20.1. The van der Waals surface area contributed by atoms with Gasteiger partial charge in [0.1, 0.15) is 5.75 Å². The molecule has 0 aliphatic heterocycles. The van der Waals surface area contributed by atoms with Gasteiger partial charge in [-0.2, -0.15) is 0 Å². The molecule has 2 aromatic rings. The maximum absolute atomic E-state index is 14.0. The van der Waals surface area contributed by atoms with E-state index in [0.717, 1.165) is 6.07 Å². The highest BCUT2D eigenvalue weighted by Crippen LogP contribution is 2.49. The van der Waals surface area contributed by atoms with E-state index in [1.54, 1.807) is 31.2 Å². The fourth-order valence-corrected chi connectivity index (χ4v) is 3.49. The number of ether oxygens (including phenoxy) is 1. The molecule has 1 aliphatic rings. The Kier molecular flexibility index (Phi) is 5.36. The Morgan fingerprint density at radius 2 is 1.96 bits per heavy atom. The van der Waals surface area contributed by atoms with Gasteiger partial charge in [-0.3, -0.25) is 9.59 Å². The number of halogens is 2. The van der Waals surface area contributed by atoms with Crippen LogP contribution in [0.3, 0.4) is 0 Å². The summed E-state index contributed by atoms with van der Waals surface area (Å²) in [7, 11) is 1.49. The van der Waals surface area contributed by atoms with Crippen molar-refractivity contribution in [2.75, 3.05) is 7.11 Å². The van der Waals surface area contributed by atoms with Gasteiger partial charge >= 0.3 is 5.97 Å². The summed E-state index contributed by atoms with van der Waals surface area (Å²) in [5, 5.41) is 12.1. The fraction of sp³-hybridized carbons (Fsp3) is 0.333. The lowest BCUT2D eigenvalue weighted by atomic mass is 9.88. The van der Waals surface area contributed by atoms with Crippen LogP contribution < -0.4 is 10.1 Å². The second-order valence-electron chi connectivity index (χ2n) is 7.22. The van der Waals surface area contributed by atoms with Crippen LogP contribution in [-0.4, -0.2) is 24.1 Å². The maximum Gasteiger partial charge on any atom is 0.306 e. The standard InChI is InChI=1S/C21H21F2NO4/c1-21(11-18(25)26,12-5-3-6-13(9-12)28-2)24-20(27)16-10-15(16)14-7-4-8-17(22)19(14)23/h3-9,15-16H,10-11H2,1-2H3,(H,24,27)(H,25,26). The summed E-state index contributed by atoms with van der Waals surface area (Å²) >= 11 is 0. The number of carboxylic acid groups (broad SMARTS) is 1. The average Bonchev–Trinajstić information content (AvgIpc) is 3.44. The lowest BCUT2D eigenvalue weighted by molar-refractivity contribution is -0.139. The zero-order chi connectivity index (χ0) is 20.5. The molecule has 1 amide bonds. The molecule has 5 nitrogen and oxygen atoms in total. The van der Waals surface area contributed by atoms with Gasteiger partial charge in [0.2, 0.25) is 5.91 Å². The predicted octanol–water partition coefficient (Wildman–Crippen LogP) is 3.58. The molecule has 2 aromatic carbocycles. The van der Waals surface area contributed by atoms with E-state index in [-0.39, 0.29) is 17.9 Å². The van der Waals surface area contributed by atoms with Crippen molar-refractivity contribution in [2.45, 2.75) is 31.2 Å². The lowest BCUT2D eigenvalue weighted by Crippen LogP contribution is -2.45. The van der Waals surface area contributed by atoms with E-state index >= 15 is 0 Å². The van der Waals surface area contributed by atoms with Gasteiger partial charge in [0.05, 0.1) is 19.1 Å². The maximum atomic E-state index is 14.0. The highest BCUT2D eigenvalue weighted by molar-refractivity contribution is 5.84. The summed E-state index contributed by atoms with van der Waals surface area (Å²) < 4.78 is 32.6. The molecule has 1 saturated carbocycles. The Morgan fingerprint density at radius 1 is 1.25 bits per heavy atom. The minimum Gasteiger partial charge on any atom is -0.497 e. The van der Waals surface area contributed by atoms with E-state index in [1.807, 2.05) is 0 Å². The Morgan fingerprint density at radius 3 is 2.64 bits per heavy atom. The van der Waals surface area contributed by atoms with Crippen LogP contribution in [-0.2, 0) is 15.1 Å². The van der Waals surface area contributed by atoms with Crippen molar-refractivity contribution in [1.82, 2.24) is 5.32 Å². The molecular weight excluding hydrogens is 368 g/mol. The monoisotopic (exact) mass is 389 g/mol. The third-order valence-electron chi connectivity index (χ3n) is 5.12. The molecule has 3 unspecified atom stereocenters. The van der Waals surface area contributed by atoms with E-state index in [2.05, 4.69) is 5.32 Å². The average molecular weight is 389 g/mol. The summed E-state index contributed by atoms with van der Waals surface area (Å²) in [5.74, 6) is -3.77. The summed E-state index contributed by atoms with van der Waals surface area (Å²) in [6.07, 6.45) is 0.0467. The first-order valence-electron chi connectivity index (χ1n) is 8.87. The minimum atomic E-state index is -1.18.